The molecule has 2 atom stereocenters. The van der Waals surface area contributed by atoms with Gasteiger partial charge in [0.2, 0.25) is 5.91 Å². The summed E-state index contributed by atoms with van der Waals surface area (Å²) < 4.78 is 23.3. The fourth-order valence-corrected chi connectivity index (χ4v) is 6.03. The monoisotopic (exact) mass is 314 g/mol. The van der Waals surface area contributed by atoms with Crippen molar-refractivity contribution in [3.05, 3.63) is 0 Å². The Labute approximate surface area is 127 Å². The van der Waals surface area contributed by atoms with E-state index in [4.69, 9.17) is 0 Å². The van der Waals surface area contributed by atoms with Crippen LogP contribution in [0, 0.1) is 11.8 Å². The van der Waals surface area contributed by atoms with Gasteiger partial charge in [-0.15, -0.1) is 0 Å². The van der Waals surface area contributed by atoms with Crippen molar-refractivity contribution in [1.82, 2.24) is 10.2 Å². The van der Waals surface area contributed by atoms with E-state index >= 15 is 0 Å². The summed E-state index contributed by atoms with van der Waals surface area (Å²) in [5, 5.41) is 3.59. The zero-order valence-electron chi connectivity index (χ0n) is 13.0. The lowest BCUT2D eigenvalue weighted by Gasteiger charge is -2.29. The van der Waals surface area contributed by atoms with Crippen LogP contribution in [0.4, 0.5) is 0 Å². The molecule has 120 valence electrons. The van der Waals surface area contributed by atoms with E-state index in [2.05, 4.69) is 19.2 Å². The number of amides is 1. The molecule has 1 spiro atoms. The van der Waals surface area contributed by atoms with Crippen molar-refractivity contribution in [3.8, 4) is 0 Å². The molecule has 0 aromatic heterocycles. The van der Waals surface area contributed by atoms with E-state index in [-0.39, 0.29) is 35.0 Å². The zero-order valence-corrected chi connectivity index (χ0v) is 13.8. The Kier molecular flexibility index (Phi) is 3.81. The van der Waals surface area contributed by atoms with Gasteiger partial charge in [0.15, 0.2) is 9.84 Å². The predicted molar refractivity (Wildman–Crippen MR) is 81.4 cm³/mol. The number of hydrogen-bond acceptors (Lipinski definition) is 4. The van der Waals surface area contributed by atoms with E-state index in [0.29, 0.717) is 18.9 Å². The Morgan fingerprint density at radius 1 is 1.33 bits per heavy atom. The van der Waals surface area contributed by atoms with E-state index in [9.17, 15) is 13.2 Å². The quantitative estimate of drug-likeness (QED) is 0.848. The number of nitrogens with zero attached hydrogens (tertiary/aromatic N) is 1. The highest BCUT2D eigenvalue weighted by molar-refractivity contribution is 7.91. The number of carbonyl (C=O) groups is 1. The average molecular weight is 314 g/mol. The van der Waals surface area contributed by atoms with Crippen LogP contribution >= 0.6 is 0 Å². The number of sulfone groups is 1. The highest BCUT2D eigenvalue weighted by Gasteiger charge is 2.53. The van der Waals surface area contributed by atoms with Crippen LogP contribution < -0.4 is 5.32 Å². The average Bonchev–Trinajstić information content (AvgIpc) is 3.06. The van der Waals surface area contributed by atoms with Gasteiger partial charge in [0, 0.05) is 6.54 Å². The first kappa shape index (κ1) is 15.3. The molecule has 0 aromatic carbocycles. The molecule has 0 aromatic rings. The van der Waals surface area contributed by atoms with E-state index in [1.807, 2.05) is 4.90 Å². The van der Waals surface area contributed by atoms with Crippen LogP contribution in [0.15, 0.2) is 0 Å². The molecule has 1 amide bonds. The lowest BCUT2D eigenvalue weighted by Crippen LogP contribution is -2.45. The van der Waals surface area contributed by atoms with Gasteiger partial charge in [-0.2, -0.15) is 0 Å². The van der Waals surface area contributed by atoms with Crippen LogP contribution in [0.3, 0.4) is 0 Å². The normalized spacial score (nSPS) is 34.4. The summed E-state index contributed by atoms with van der Waals surface area (Å²) in [7, 11) is -2.88. The second-order valence-corrected chi connectivity index (χ2v) is 9.58. The molecular weight excluding hydrogens is 288 g/mol. The van der Waals surface area contributed by atoms with Crippen molar-refractivity contribution >= 4 is 15.7 Å². The summed E-state index contributed by atoms with van der Waals surface area (Å²) in [4.78, 5) is 14.9. The fraction of sp³-hybridized carbons (Fsp3) is 0.933. The Morgan fingerprint density at radius 3 is 2.52 bits per heavy atom. The molecule has 2 aliphatic heterocycles. The number of carbonyl (C=O) groups excluding carboxylic acids is 1. The molecule has 6 heteroatoms. The van der Waals surface area contributed by atoms with Crippen LogP contribution in [0.5, 0.6) is 0 Å². The second kappa shape index (κ2) is 5.23. The largest absolute Gasteiger partial charge is 0.325 e. The molecule has 2 heterocycles. The number of nitrogens with one attached hydrogen (secondary N) is 1. The van der Waals surface area contributed by atoms with Crippen LogP contribution in [0.25, 0.3) is 0 Å². The van der Waals surface area contributed by atoms with Crippen molar-refractivity contribution in [2.24, 2.45) is 11.8 Å². The van der Waals surface area contributed by atoms with E-state index in [1.165, 1.54) is 0 Å². The van der Waals surface area contributed by atoms with Gasteiger partial charge in [-0.25, -0.2) is 8.42 Å². The molecule has 2 saturated heterocycles. The predicted octanol–water partition coefficient (Wildman–Crippen LogP) is 1.15. The van der Waals surface area contributed by atoms with E-state index < -0.39 is 9.84 Å². The van der Waals surface area contributed by atoms with E-state index in [0.717, 1.165) is 25.7 Å². The van der Waals surface area contributed by atoms with Crippen LogP contribution in [0.1, 0.15) is 46.0 Å². The molecule has 5 nitrogen and oxygen atoms in total. The fourth-order valence-electron chi connectivity index (χ4n) is 4.18. The molecule has 21 heavy (non-hydrogen) atoms. The molecule has 2 unspecified atom stereocenters. The SMILES string of the molecule is CC(C)C1NC2(CCCC2)C(=O)N1CC1CCS(=O)(=O)C1. The first-order valence-electron chi connectivity index (χ1n) is 8.12. The summed E-state index contributed by atoms with van der Waals surface area (Å²) >= 11 is 0. The van der Waals surface area contributed by atoms with Gasteiger partial charge in [-0.3, -0.25) is 10.1 Å². The van der Waals surface area contributed by atoms with Gasteiger partial charge < -0.3 is 4.90 Å². The molecule has 3 aliphatic rings. The van der Waals surface area contributed by atoms with E-state index in [1.54, 1.807) is 0 Å². The van der Waals surface area contributed by atoms with Crippen molar-refractivity contribution in [2.45, 2.75) is 57.7 Å². The molecule has 0 radical (unpaired) electrons. The Morgan fingerprint density at radius 2 is 2.00 bits per heavy atom. The molecule has 3 rings (SSSR count). The Bertz CT molecular complexity index is 523. The summed E-state index contributed by atoms with van der Waals surface area (Å²) in [5.74, 6) is 1.19. The van der Waals surface area contributed by atoms with Crippen LogP contribution in [-0.2, 0) is 14.6 Å². The van der Waals surface area contributed by atoms with Gasteiger partial charge in [0.1, 0.15) is 0 Å². The van der Waals surface area contributed by atoms with Gasteiger partial charge in [0.25, 0.3) is 0 Å². The standard InChI is InChI=1S/C15H26N2O3S/c1-11(2)13-16-15(6-3-4-7-15)14(18)17(13)9-12-5-8-21(19,20)10-12/h11-13,16H,3-10H2,1-2H3. The zero-order chi connectivity index (χ0) is 15.3. The van der Waals surface area contributed by atoms with Crippen molar-refractivity contribution in [1.29, 1.82) is 0 Å². The van der Waals surface area contributed by atoms with Crippen molar-refractivity contribution < 1.29 is 13.2 Å². The summed E-state index contributed by atoms with van der Waals surface area (Å²) in [6, 6.07) is 0. The Hall–Kier alpha value is -0.620. The first-order chi connectivity index (χ1) is 9.83. The minimum Gasteiger partial charge on any atom is -0.325 e. The topological polar surface area (TPSA) is 66.5 Å². The third-order valence-corrected chi connectivity index (χ3v) is 7.14. The van der Waals surface area contributed by atoms with Crippen LogP contribution in [-0.4, -0.2) is 49.0 Å². The number of rotatable bonds is 3. The summed E-state index contributed by atoms with van der Waals surface area (Å²) in [6.45, 7) is 4.84. The van der Waals surface area contributed by atoms with Crippen molar-refractivity contribution in [2.75, 3.05) is 18.1 Å². The summed E-state index contributed by atoms with van der Waals surface area (Å²) in [6.07, 6.45) is 4.82. The van der Waals surface area contributed by atoms with Gasteiger partial charge in [-0.1, -0.05) is 26.7 Å². The molecule has 1 N–H and O–H groups in total. The second-order valence-electron chi connectivity index (χ2n) is 7.35. The van der Waals surface area contributed by atoms with Crippen molar-refractivity contribution in [3.63, 3.8) is 0 Å². The van der Waals surface area contributed by atoms with Gasteiger partial charge in [0.05, 0.1) is 23.2 Å². The number of hydrogen-bond donors (Lipinski definition) is 1. The maximum Gasteiger partial charge on any atom is 0.244 e. The highest BCUT2D eigenvalue weighted by atomic mass is 32.2. The van der Waals surface area contributed by atoms with Crippen LogP contribution in [0.2, 0.25) is 0 Å². The molecule has 1 aliphatic carbocycles. The maximum atomic E-state index is 12.9. The smallest absolute Gasteiger partial charge is 0.244 e. The molecular formula is C15H26N2O3S. The third-order valence-electron chi connectivity index (χ3n) is 5.30. The Balaban J connectivity index is 1.77. The first-order valence-corrected chi connectivity index (χ1v) is 9.94. The molecule has 3 fully saturated rings. The third kappa shape index (κ3) is 2.72. The minimum atomic E-state index is -2.88. The summed E-state index contributed by atoms with van der Waals surface area (Å²) in [5.41, 5.74) is -0.355. The van der Waals surface area contributed by atoms with Gasteiger partial charge >= 0.3 is 0 Å². The molecule has 0 bridgehead atoms. The highest BCUT2D eigenvalue weighted by Crippen LogP contribution is 2.38. The maximum absolute atomic E-state index is 12.9. The van der Waals surface area contributed by atoms with Gasteiger partial charge in [-0.05, 0) is 31.1 Å². The lowest BCUT2D eigenvalue weighted by atomic mass is 9.97. The lowest BCUT2D eigenvalue weighted by molar-refractivity contribution is -0.134. The minimum absolute atomic E-state index is 0.0545. The molecule has 1 saturated carbocycles.